The van der Waals surface area contributed by atoms with Crippen molar-refractivity contribution in [2.75, 3.05) is 25.0 Å². The van der Waals surface area contributed by atoms with Gasteiger partial charge in [0.25, 0.3) is 11.8 Å². The predicted molar refractivity (Wildman–Crippen MR) is 124 cm³/mol. The molecule has 0 radical (unpaired) electrons. The van der Waals surface area contributed by atoms with Gasteiger partial charge < -0.3 is 15.4 Å². The number of nitrogens with one attached hydrogen (secondary N) is 3. The van der Waals surface area contributed by atoms with Crippen LogP contribution in [0.1, 0.15) is 72.1 Å². The Bertz CT molecular complexity index is 982. The van der Waals surface area contributed by atoms with Crippen molar-refractivity contribution < 1.29 is 23.9 Å². The number of amides is 4. The molecule has 34 heavy (non-hydrogen) atoms. The summed E-state index contributed by atoms with van der Waals surface area (Å²) in [5.41, 5.74) is 1.25. The topological polar surface area (TPSA) is 117 Å². The van der Waals surface area contributed by atoms with Crippen LogP contribution in [0.4, 0.5) is 5.69 Å². The molecule has 3 fully saturated rings. The van der Waals surface area contributed by atoms with Crippen molar-refractivity contribution in [3.8, 4) is 0 Å². The standard InChI is InChI=1S/C25H32N4O5/c30-21-9-8-20(23(31)28-21)29-24(32)18-2-1-3-19(22(18)25(29)33)27-14-15-4-6-16(7-5-15)34-17-10-12-26-13-11-17/h1-3,15-17,20,26-27H,4-14H2,(H,28,30,31)/t15-,16-,20?. The molecular weight excluding hydrogens is 436 g/mol. The molecule has 3 N–H and O–H groups in total. The average Bonchev–Trinajstić information content (AvgIpc) is 3.10. The molecule has 0 bridgehead atoms. The van der Waals surface area contributed by atoms with E-state index in [1.54, 1.807) is 12.1 Å². The zero-order chi connectivity index (χ0) is 23.7. The number of hydrogen-bond donors (Lipinski definition) is 3. The van der Waals surface area contributed by atoms with Gasteiger partial charge in [-0.25, -0.2) is 0 Å². The van der Waals surface area contributed by atoms with Gasteiger partial charge in [0.1, 0.15) is 6.04 Å². The number of rotatable bonds is 6. The van der Waals surface area contributed by atoms with Gasteiger partial charge in [-0.2, -0.15) is 0 Å². The van der Waals surface area contributed by atoms with Crippen molar-refractivity contribution in [2.45, 2.75) is 69.6 Å². The normalized spacial score (nSPS) is 28.1. The number of ether oxygens (including phenoxy) is 1. The van der Waals surface area contributed by atoms with Crippen LogP contribution in [0.15, 0.2) is 18.2 Å². The van der Waals surface area contributed by atoms with Crippen LogP contribution in [-0.4, -0.2) is 66.4 Å². The fourth-order valence-electron chi connectivity index (χ4n) is 5.59. The molecule has 1 aromatic rings. The van der Waals surface area contributed by atoms with Crippen LogP contribution in [0.25, 0.3) is 0 Å². The van der Waals surface area contributed by atoms with Gasteiger partial charge in [0.15, 0.2) is 0 Å². The first-order valence-corrected chi connectivity index (χ1v) is 12.5. The summed E-state index contributed by atoms with van der Waals surface area (Å²) in [7, 11) is 0. The van der Waals surface area contributed by atoms with Gasteiger partial charge in [0.2, 0.25) is 11.8 Å². The second-order valence-corrected chi connectivity index (χ2v) is 9.78. The highest BCUT2D eigenvalue weighted by Crippen LogP contribution is 2.34. The molecule has 4 amide bonds. The van der Waals surface area contributed by atoms with Crippen molar-refractivity contribution in [1.29, 1.82) is 0 Å². The van der Waals surface area contributed by atoms with Crippen molar-refractivity contribution in [3.05, 3.63) is 29.3 Å². The molecular formula is C25H32N4O5. The SMILES string of the molecule is O=C1CCC(N2C(=O)c3cccc(NC[C@H]4CC[C@H](OC5CCNCC5)CC4)c3C2=O)C(=O)N1. The molecule has 9 nitrogen and oxygen atoms in total. The third-order valence-corrected chi connectivity index (χ3v) is 7.51. The molecule has 9 heteroatoms. The molecule has 1 atom stereocenters. The lowest BCUT2D eigenvalue weighted by Crippen LogP contribution is -2.54. The van der Waals surface area contributed by atoms with Gasteiger partial charge in [-0.05, 0) is 76.1 Å². The number of piperidine rings is 2. The van der Waals surface area contributed by atoms with E-state index < -0.39 is 23.8 Å². The number of carbonyl (C=O) groups excluding carboxylic acids is 4. The number of fused-ring (bicyclic) bond motifs is 1. The summed E-state index contributed by atoms with van der Waals surface area (Å²) in [5.74, 6) is -1.45. The molecule has 3 heterocycles. The van der Waals surface area contributed by atoms with E-state index in [2.05, 4.69) is 16.0 Å². The number of carbonyl (C=O) groups is 4. The first kappa shape index (κ1) is 23.0. The number of benzene rings is 1. The van der Waals surface area contributed by atoms with Crippen LogP contribution in [-0.2, 0) is 14.3 Å². The summed E-state index contributed by atoms with van der Waals surface area (Å²) < 4.78 is 6.31. The van der Waals surface area contributed by atoms with E-state index in [1.165, 1.54) is 0 Å². The van der Waals surface area contributed by atoms with Crippen molar-refractivity contribution in [2.24, 2.45) is 5.92 Å². The first-order chi connectivity index (χ1) is 16.5. The maximum absolute atomic E-state index is 13.2. The highest BCUT2D eigenvalue weighted by Gasteiger charge is 2.45. The van der Waals surface area contributed by atoms with Crippen LogP contribution in [0, 0.1) is 5.92 Å². The summed E-state index contributed by atoms with van der Waals surface area (Å²) in [4.78, 5) is 51.0. The Kier molecular flexibility index (Phi) is 6.65. The zero-order valence-electron chi connectivity index (χ0n) is 19.3. The van der Waals surface area contributed by atoms with E-state index >= 15 is 0 Å². The van der Waals surface area contributed by atoms with Gasteiger partial charge in [-0.1, -0.05) is 6.07 Å². The van der Waals surface area contributed by atoms with E-state index in [0.29, 0.717) is 34.9 Å². The van der Waals surface area contributed by atoms with Crippen molar-refractivity contribution in [1.82, 2.24) is 15.5 Å². The Hall–Kier alpha value is -2.78. The minimum Gasteiger partial charge on any atom is -0.384 e. The lowest BCUT2D eigenvalue weighted by atomic mass is 9.87. The summed E-state index contributed by atoms with van der Waals surface area (Å²) in [6, 6.07) is 4.23. The molecule has 1 saturated carbocycles. The molecule has 0 aromatic heterocycles. The summed E-state index contributed by atoms with van der Waals surface area (Å²) in [5, 5.41) is 9.00. The fourth-order valence-corrected chi connectivity index (χ4v) is 5.59. The third kappa shape index (κ3) is 4.59. The van der Waals surface area contributed by atoms with Gasteiger partial charge in [0.05, 0.1) is 23.3 Å². The molecule has 1 unspecified atom stereocenters. The monoisotopic (exact) mass is 468 g/mol. The third-order valence-electron chi connectivity index (χ3n) is 7.51. The number of anilines is 1. The van der Waals surface area contributed by atoms with E-state index in [9.17, 15) is 19.2 Å². The Balaban J connectivity index is 1.19. The molecule has 0 spiro atoms. The quantitative estimate of drug-likeness (QED) is 0.545. The number of hydrogen-bond acceptors (Lipinski definition) is 7. The maximum Gasteiger partial charge on any atom is 0.264 e. The smallest absolute Gasteiger partial charge is 0.264 e. The van der Waals surface area contributed by atoms with Gasteiger partial charge in [-0.15, -0.1) is 0 Å². The Morgan fingerprint density at radius 1 is 0.912 bits per heavy atom. The minimum absolute atomic E-state index is 0.110. The predicted octanol–water partition coefficient (Wildman–Crippen LogP) is 1.83. The highest BCUT2D eigenvalue weighted by atomic mass is 16.5. The lowest BCUT2D eigenvalue weighted by molar-refractivity contribution is -0.136. The molecule has 5 rings (SSSR count). The fraction of sp³-hybridized carbons (Fsp3) is 0.600. The zero-order valence-corrected chi connectivity index (χ0v) is 19.3. The van der Waals surface area contributed by atoms with Crippen LogP contribution in [0.2, 0.25) is 0 Å². The summed E-state index contributed by atoms with van der Waals surface area (Å²) in [6.07, 6.45) is 7.37. The van der Waals surface area contributed by atoms with Crippen LogP contribution in [0.5, 0.6) is 0 Å². The molecule has 3 aliphatic heterocycles. The Morgan fingerprint density at radius 3 is 2.38 bits per heavy atom. The molecule has 1 aromatic carbocycles. The molecule has 2 saturated heterocycles. The maximum atomic E-state index is 13.2. The van der Waals surface area contributed by atoms with E-state index in [0.717, 1.165) is 63.1 Å². The second-order valence-electron chi connectivity index (χ2n) is 9.78. The number of nitrogens with zero attached hydrogens (tertiary/aromatic N) is 1. The Labute approximate surface area is 199 Å². The molecule has 182 valence electrons. The van der Waals surface area contributed by atoms with E-state index in [-0.39, 0.29) is 18.7 Å². The minimum atomic E-state index is -0.951. The average molecular weight is 469 g/mol. The second kappa shape index (κ2) is 9.84. The number of imide groups is 2. The van der Waals surface area contributed by atoms with Gasteiger partial charge >= 0.3 is 0 Å². The first-order valence-electron chi connectivity index (χ1n) is 12.5. The van der Waals surface area contributed by atoms with Crippen LogP contribution in [0.3, 0.4) is 0 Å². The van der Waals surface area contributed by atoms with Gasteiger partial charge in [0, 0.05) is 18.7 Å². The largest absolute Gasteiger partial charge is 0.384 e. The van der Waals surface area contributed by atoms with Crippen LogP contribution >= 0.6 is 0 Å². The molecule has 4 aliphatic rings. The van der Waals surface area contributed by atoms with Crippen molar-refractivity contribution >= 4 is 29.3 Å². The lowest BCUT2D eigenvalue weighted by Gasteiger charge is -2.33. The van der Waals surface area contributed by atoms with Gasteiger partial charge in [-0.3, -0.25) is 29.4 Å². The Morgan fingerprint density at radius 2 is 1.65 bits per heavy atom. The summed E-state index contributed by atoms with van der Waals surface area (Å²) in [6.45, 7) is 2.79. The van der Waals surface area contributed by atoms with E-state index in [1.807, 2.05) is 6.07 Å². The van der Waals surface area contributed by atoms with Crippen molar-refractivity contribution in [3.63, 3.8) is 0 Å². The summed E-state index contributed by atoms with van der Waals surface area (Å²) >= 11 is 0. The van der Waals surface area contributed by atoms with E-state index in [4.69, 9.17) is 4.74 Å². The highest BCUT2D eigenvalue weighted by molar-refractivity contribution is 6.25. The molecule has 1 aliphatic carbocycles. The van der Waals surface area contributed by atoms with Crippen LogP contribution < -0.4 is 16.0 Å².